The molecule has 1 aromatic carbocycles. The SMILES string of the molecule is Cc1c(CCC(=O)N2CCOCC2)c(=O)n2nc(-c3ccccc3)nc2n1C. The molecule has 1 fully saturated rings. The number of carbonyl (C=O) groups is 1. The van der Waals surface area contributed by atoms with E-state index in [2.05, 4.69) is 10.1 Å². The summed E-state index contributed by atoms with van der Waals surface area (Å²) < 4.78 is 8.48. The monoisotopic (exact) mass is 381 g/mol. The second-order valence-electron chi connectivity index (χ2n) is 6.93. The predicted molar refractivity (Wildman–Crippen MR) is 104 cm³/mol. The molecular weight excluding hydrogens is 358 g/mol. The van der Waals surface area contributed by atoms with Gasteiger partial charge in [-0.1, -0.05) is 30.3 Å². The van der Waals surface area contributed by atoms with Crippen LogP contribution in [0.15, 0.2) is 35.1 Å². The Kier molecular flexibility index (Phi) is 4.95. The van der Waals surface area contributed by atoms with E-state index in [1.165, 1.54) is 4.52 Å². The molecule has 1 aliphatic rings. The van der Waals surface area contributed by atoms with Gasteiger partial charge < -0.3 is 14.2 Å². The van der Waals surface area contributed by atoms with Gasteiger partial charge in [0, 0.05) is 43.4 Å². The Hall–Kier alpha value is -3.00. The van der Waals surface area contributed by atoms with E-state index in [1.807, 2.05) is 48.9 Å². The van der Waals surface area contributed by atoms with Crippen LogP contribution in [0.2, 0.25) is 0 Å². The molecular formula is C20H23N5O3. The highest BCUT2D eigenvalue weighted by atomic mass is 16.5. The molecule has 0 spiro atoms. The van der Waals surface area contributed by atoms with Gasteiger partial charge in [0.05, 0.1) is 13.2 Å². The van der Waals surface area contributed by atoms with E-state index in [1.54, 1.807) is 4.90 Å². The molecule has 3 heterocycles. The van der Waals surface area contributed by atoms with Crippen LogP contribution in [0.4, 0.5) is 0 Å². The summed E-state index contributed by atoms with van der Waals surface area (Å²) in [7, 11) is 1.86. The minimum atomic E-state index is -0.213. The highest BCUT2D eigenvalue weighted by Crippen LogP contribution is 2.16. The molecule has 8 heteroatoms. The number of benzene rings is 1. The van der Waals surface area contributed by atoms with E-state index in [4.69, 9.17) is 4.74 Å². The molecule has 1 saturated heterocycles. The Balaban J connectivity index is 1.65. The van der Waals surface area contributed by atoms with Crippen LogP contribution < -0.4 is 5.56 Å². The van der Waals surface area contributed by atoms with Crippen molar-refractivity contribution in [2.24, 2.45) is 7.05 Å². The predicted octanol–water partition coefficient (Wildman–Crippen LogP) is 1.19. The standard InChI is InChI=1S/C20H23N5O3/c1-14-16(8-9-17(26)24-10-12-28-13-11-24)19(27)25-20(23(14)2)21-18(22-25)15-6-4-3-5-7-15/h3-7H,8-13H2,1-2H3. The number of aromatic nitrogens is 4. The van der Waals surface area contributed by atoms with E-state index in [9.17, 15) is 9.59 Å². The number of hydrogen-bond donors (Lipinski definition) is 0. The normalized spacial score (nSPS) is 14.6. The molecule has 8 nitrogen and oxygen atoms in total. The van der Waals surface area contributed by atoms with Gasteiger partial charge in [0.1, 0.15) is 0 Å². The largest absolute Gasteiger partial charge is 0.378 e. The van der Waals surface area contributed by atoms with Crippen LogP contribution in [0.1, 0.15) is 17.7 Å². The molecule has 0 atom stereocenters. The highest BCUT2D eigenvalue weighted by Gasteiger charge is 2.20. The first-order valence-electron chi connectivity index (χ1n) is 9.42. The van der Waals surface area contributed by atoms with Crippen LogP contribution in [-0.4, -0.2) is 56.3 Å². The van der Waals surface area contributed by atoms with E-state index in [-0.39, 0.29) is 11.5 Å². The van der Waals surface area contributed by atoms with Crippen LogP contribution in [0, 0.1) is 6.92 Å². The van der Waals surface area contributed by atoms with Crippen molar-refractivity contribution in [1.29, 1.82) is 0 Å². The molecule has 146 valence electrons. The lowest BCUT2D eigenvalue weighted by Gasteiger charge is -2.26. The van der Waals surface area contributed by atoms with E-state index in [0.29, 0.717) is 56.3 Å². The lowest BCUT2D eigenvalue weighted by molar-refractivity contribution is -0.135. The fourth-order valence-corrected chi connectivity index (χ4v) is 3.49. The summed E-state index contributed by atoms with van der Waals surface area (Å²) in [5.41, 5.74) is 2.04. The van der Waals surface area contributed by atoms with Gasteiger partial charge in [-0.2, -0.15) is 9.50 Å². The van der Waals surface area contributed by atoms with Crippen molar-refractivity contribution in [1.82, 2.24) is 24.1 Å². The fourth-order valence-electron chi connectivity index (χ4n) is 3.49. The summed E-state index contributed by atoms with van der Waals surface area (Å²) in [5.74, 6) is 1.05. The third-order valence-corrected chi connectivity index (χ3v) is 5.27. The number of ether oxygens (including phenoxy) is 1. The lowest BCUT2D eigenvalue weighted by Crippen LogP contribution is -2.41. The molecule has 28 heavy (non-hydrogen) atoms. The number of carbonyl (C=O) groups excluding carboxylic acids is 1. The Morgan fingerprint density at radius 3 is 2.61 bits per heavy atom. The molecule has 4 rings (SSSR count). The zero-order valence-corrected chi connectivity index (χ0v) is 16.1. The number of rotatable bonds is 4. The average Bonchev–Trinajstić information content (AvgIpc) is 3.19. The van der Waals surface area contributed by atoms with Crippen molar-refractivity contribution in [3.63, 3.8) is 0 Å². The Labute approximate surface area is 162 Å². The quantitative estimate of drug-likeness (QED) is 0.678. The molecule has 1 amide bonds. The zero-order valence-electron chi connectivity index (χ0n) is 16.1. The van der Waals surface area contributed by atoms with E-state index >= 15 is 0 Å². The van der Waals surface area contributed by atoms with E-state index in [0.717, 1.165) is 11.3 Å². The second kappa shape index (κ2) is 7.55. The molecule has 2 aromatic heterocycles. The van der Waals surface area contributed by atoms with Gasteiger partial charge in [0.25, 0.3) is 5.56 Å². The number of fused-ring (bicyclic) bond motifs is 1. The summed E-state index contributed by atoms with van der Waals surface area (Å²) in [6, 6.07) is 9.56. The Morgan fingerprint density at radius 1 is 1.18 bits per heavy atom. The van der Waals surface area contributed by atoms with Crippen LogP contribution in [0.3, 0.4) is 0 Å². The first kappa shape index (κ1) is 18.4. The number of amides is 1. The number of hydrogen-bond acceptors (Lipinski definition) is 5. The van der Waals surface area contributed by atoms with Crippen LogP contribution in [0.25, 0.3) is 17.2 Å². The minimum absolute atomic E-state index is 0.0495. The smallest absolute Gasteiger partial charge is 0.279 e. The summed E-state index contributed by atoms with van der Waals surface area (Å²) in [6.45, 7) is 4.24. The van der Waals surface area contributed by atoms with Crippen molar-refractivity contribution < 1.29 is 9.53 Å². The van der Waals surface area contributed by atoms with Crippen molar-refractivity contribution in [2.45, 2.75) is 19.8 Å². The highest BCUT2D eigenvalue weighted by molar-refractivity contribution is 5.76. The second-order valence-corrected chi connectivity index (χ2v) is 6.93. The van der Waals surface area contributed by atoms with E-state index < -0.39 is 0 Å². The van der Waals surface area contributed by atoms with Gasteiger partial charge in [0.15, 0.2) is 5.82 Å². The first-order chi connectivity index (χ1) is 13.6. The fraction of sp³-hybridized carbons (Fsp3) is 0.400. The van der Waals surface area contributed by atoms with Crippen LogP contribution in [0.5, 0.6) is 0 Å². The number of nitrogens with zero attached hydrogens (tertiary/aromatic N) is 5. The molecule has 0 saturated carbocycles. The maximum absolute atomic E-state index is 13.0. The summed E-state index contributed by atoms with van der Waals surface area (Å²) in [5, 5.41) is 4.42. The van der Waals surface area contributed by atoms with Crippen molar-refractivity contribution in [3.05, 3.63) is 51.9 Å². The van der Waals surface area contributed by atoms with Crippen molar-refractivity contribution in [2.75, 3.05) is 26.3 Å². The van der Waals surface area contributed by atoms with Gasteiger partial charge in [0.2, 0.25) is 11.7 Å². The molecule has 0 unspecified atom stereocenters. The molecule has 1 aliphatic heterocycles. The summed E-state index contributed by atoms with van der Waals surface area (Å²) in [4.78, 5) is 31.8. The Morgan fingerprint density at radius 2 is 1.89 bits per heavy atom. The third kappa shape index (κ3) is 3.31. The van der Waals surface area contributed by atoms with Gasteiger partial charge in [-0.25, -0.2) is 0 Å². The zero-order chi connectivity index (χ0) is 19.7. The maximum atomic E-state index is 13.0. The van der Waals surface area contributed by atoms with Gasteiger partial charge in [-0.15, -0.1) is 5.10 Å². The summed E-state index contributed by atoms with van der Waals surface area (Å²) >= 11 is 0. The lowest BCUT2D eigenvalue weighted by atomic mass is 10.1. The molecule has 0 aliphatic carbocycles. The Bertz CT molecular complexity index is 1060. The number of morpholine rings is 1. The minimum Gasteiger partial charge on any atom is -0.378 e. The summed E-state index contributed by atoms with van der Waals surface area (Å²) in [6.07, 6.45) is 0.674. The first-order valence-corrected chi connectivity index (χ1v) is 9.42. The van der Waals surface area contributed by atoms with Gasteiger partial charge in [-0.05, 0) is 13.3 Å². The number of aryl methyl sites for hydroxylation is 1. The third-order valence-electron chi connectivity index (χ3n) is 5.27. The topological polar surface area (TPSA) is 81.7 Å². The molecule has 0 N–H and O–H groups in total. The van der Waals surface area contributed by atoms with Crippen molar-refractivity contribution >= 4 is 11.7 Å². The molecule has 3 aromatic rings. The van der Waals surface area contributed by atoms with Gasteiger partial charge in [-0.3, -0.25) is 9.59 Å². The maximum Gasteiger partial charge on any atom is 0.279 e. The van der Waals surface area contributed by atoms with Crippen molar-refractivity contribution in [3.8, 4) is 11.4 Å². The van der Waals surface area contributed by atoms with Crippen LogP contribution in [-0.2, 0) is 23.0 Å². The molecule has 0 radical (unpaired) electrons. The molecule has 0 bridgehead atoms. The van der Waals surface area contributed by atoms with Gasteiger partial charge >= 0.3 is 0 Å². The van der Waals surface area contributed by atoms with Crippen LogP contribution >= 0.6 is 0 Å². The average molecular weight is 381 g/mol.